The number of methoxy groups -OCH3 is 1. The van der Waals surface area contributed by atoms with Crippen molar-refractivity contribution in [3.05, 3.63) is 68.7 Å². The first-order valence-corrected chi connectivity index (χ1v) is 7.90. The third-order valence-electron chi connectivity index (χ3n) is 3.45. The fourth-order valence-corrected chi connectivity index (χ4v) is 2.23. The highest BCUT2D eigenvalue weighted by atomic mass is 35.5. The second kappa shape index (κ2) is 8.82. The summed E-state index contributed by atoms with van der Waals surface area (Å²) in [6, 6.07) is 10.8. The summed E-state index contributed by atoms with van der Waals surface area (Å²) in [6.45, 7) is 0.0339. The normalized spacial score (nSPS) is 10.1. The topological polar surface area (TPSA) is 111 Å². The molecule has 0 bridgehead atoms. The van der Waals surface area contributed by atoms with E-state index in [1.54, 1.807) is 24.3 Å². The first-order valence-electron chi connectivity index (χ1n) is 7.52. The summed E-state index contributed by atoms with van der Waals surface area (Å²) in [5.41, 5.74) is 0.593. The number of hydrogen-bond acceptors (Lipinski definition) is 5. The van der Waals surface area contributed by atoms with E-state index in [4.69, 9.17) is 16.3 Å². The van der Waals surface area contributed by atoms with Crippen LogP contribution in [0.4, 0.5) is 5.69 Å². The van der Waals surface area contributed by atoms with Gasteiger partial charge in [0.1, 0.15) is 0 Å². The van der Waals surface area contributed by atoms with E-state index >= 15 is 0 Å². The molecule has 0 aliphatic carbocycles. The zero-order valence-corrected chi connectivity index (χ0v) is 14.6. The Labute approximate surface area is 154 Å². The fraction of sp³-hybridized carbons (Fsp3) is 0.176. The van der Waals surface area contributed by atoms with Crippen LogP contribution >= 0.6 is 11.6 Å². The molecule has 0 aliphatic rings. The first kappa shape index (κ1) is 19.2. The van der Waals surface area contributed by atoms with Gasteiger partial charge >= 0.3 is 5.69 Å². The van der Waals surface area contributed by atoms with E-state index in [1.165, 1.54) is 19.2 Å². The van der Waals surface area contributed by atoms with Crippen LogP contribution in [0.3, 0.4) is 0 Å². The van der Waals surface area contributed by atoms with E-state index in [2.05, 4.69) is 10.6 Å². The Morgan fingerprint density at radius 1 is 1.15 bits per heavy atom. The van der Waals surface area contributed by atoms with Gasteiger partial charge in [-0.15, -0.1) is 0 Å². The lowest BCUT2D eigenvalue weighted by atomic mass is 10.1. The van der Waals surface area contributed by atoms with Gasteiger partial charge < -0.3 is 15.4 Å². The first-order chi connectivity index (χ1) is 12.4. The molecule has 0 aromatic heterocycles. The molecular formula is C17H16ClN3O5. The van der Waals surface area contributed by atoms with Crippen LogP contribution in [-0.2, 0) is 11.3 Å². The number of halogens is 1. The number of nitrogens with one attached hydrogen (secondary N) is 2. The molecule has 0 unspecified atom stereocenters. The lowest BCUT2D eigenvalue weighted by molar-refractivity contribution is -0.385. The predicted molar refractivity (Wildman–Crippen MR) is 95.3 cm³/mol. The van der Waals surface area contributed by atoms with Gasteiger partial charge in [-0.2, -0.15) is 0 Å². The maximum absolute atomic E-state index is 12.1. The van der Waals surface area contributed by atoms with Crippen LogP contribution in [0.25, 0.3) is 0 Å². The van der Waals surface area contributed by atoms with Crippen molar-refractivity contribution in [2.24, 2.45) is 0 Å². The van der Waals surface area contributed by atoms with Crippen LogP contribution in [-0.4, -0.2) is 30.4 Å². The molecule has 9 heteroatoms. The minimum Gasteiger partial charge on any atom is -0.490 e. The summed E-state index contributed by atoms with van der Waals surface area (Å²) >= 11 is 5.78. The van der Waals surface area contributed by atoms with Gasteiger partial charge in [0.2, 0.25) is 5.91 Å². The largest absolute Gasteiger partial charge is 0.490 e. The number of carbonyl (C=O) groups is 2. The number of benzene rings is 2. The van der Waals surface area contributed by atoms with Crippen molar-refractivity contribution in [3.8, 4) is 5.75 Å². The molecule has 2 amide bonds. The molecule has 8 nitrogen and oxygen atoms in total. The van der Waals surface area contributed by atoms with Crippen molar-refractivity contribution in [1.82, 2.24) is 10.6 Å². The zero-order chi connectivity index (χ0) is 19.1. The van der Waals surface area contributed by atoms with Crippen LogP contribution in [0, 0.1) is 10.1 Å². The molecule has 0 aliphatic heterocycles. The monoisotopic (exact) mass is 377 g/mol. The lowest BCUT2D eigenvalue weighted by Gasteiger charge is -2.08. The average molecular weight is 378 g/mol. The molecule has 2 rings (SSSR count). The van der Waals surface area contributed by atoms with Gasteiger partial charge in [0, 0.05) is 23.2 Å². The Hall–Kier alpha value is -3.13. The Morgan fingerprint density at radius 3 is 2.46 bits per heavy atom. The van der Waals surface area contributed by atoms with Gasteiger partial charge in [0.05, 0.1) is 18.6 Å². The number of ether oxygens (including phenoxy) is 1. The van der Waals surface area contributed by atoms with E-state index in [0.717, 1.165) is 11.6 Å². The average Bonchev–Trinajstić information content (AvgIpc) is 2.65. The number of nitrogens with zero attached hydrogens (tertiary/aromatic N) is 1. The molecule has 0 saturated heterocycles. The number of hydrogen-bond donors (Lipinski definition) is 2. The molecule has 0 saturated carbocycles. The second-order valence-electron chi connectivity index (χ2n) is 5.23. The maximum atomic E-state index is 12.1. The third kappa shape index (κ3) is 5.18. The summed E-state index contributed by atoms with van der Waals surface area (Å²) in [7, 11) is 1.30. The fourth-order valence-electron chi connectivity index (χ4n) is 2.10. The summed E-state index contributed by atoms with van der Waals surface area (Å²) in [5.74, 6) is -0.944. The molecule has 0 fully saturated rings. The molecule has 26 heavy (non-hydrogen) atoms. The van der Waals surface area contributed by atoms with E-state index in [-0.39, 0.29) is 23.5 Å². The molecule has 0 radical (unpaired) electrons. The molecule has 0 heterocycles. The highest BCUT2D eigenvalue weighted by Gasteiger charge is 2.18. The van der Waals surface area contributed by atoms with Crippen molar-refractivity contribution in [2.45, 2.75) is 6.54 Å². The van der Waals surface area contributed by atoms with Gasteiger partial charge in [0.15, 0.2) is 5.75 Å². The molecule has 2 aromatic carbocycles. The number of nitro benzene ring substituents is 1. The summed E-state index contributed by atoms with van der Waals surface area (Å²) in [6.07, 6.45) is 0. The van der Waals surface area contributed by atoms with Gasteiger partial charge in [-0.3, -0.25) is 19.7 Å². The molecule has 136 valence electrons. The Bertz CT molecular complexity index is 824. The van der Waals surface area contributed by atoms with Gasteiger partial charge in [-0.25, -0.2) is 0 Å². The quantitative estimate of drug-likeness (QED) is 0.568. The van der Waals surface area contributed by atoms with Crippen LogP contribution in [0.1, 0.15) is 15.9 Å². The standard InChI is InChI=1S/C17H16ClN3O5/c1-26-15-7-4-12(8-14(15)21(24)25)17(23)20-10-16(22)19-9-11-2-5-13(18)6-3-11/h2-8H,9-10H2,1H3,(H,19,22)(H,20,23). The lowest BCUT2D eigenvalue weighted by Crippen LogP contribution is -2.36. The molecule has 0 atom stereocenters. The van der Waals surface area contributed by atoms with Crippen molar-refractivity contribution in [2.75, 3.05) is 13.7 Å². The van der Waals surface area contributed by atoms with Crippen molar-refractivity contribution in [3.63, 3.8) is 0 Å². The predicted octanol–water partition coefficient (Wildman–Crippen LogP) is 2.30. The number of carbonyl (C=O) groups excluding carboxylic acids is 2. The number of amides is 2. The van der Waals surface area contributed by atoms with Crippen LogP contribution in [0.15, 0.2) is 42.5 Å². The van der Waals surface area contributed by atoms with Gasteiger partial charge in [0.25, 0.3) is 5.91 Å². The van der Waals surface area contributed by atoms with E-state index in [0.29, 0.717) is 11.6 Å². The smallest absolute Gasteiger partial charge is 0.311 e. The van der Waals surface area contributed by atoms with Gasteiger partial charge in [-0.1, -0.05) is 23.7 Å². The Morgan fingerprint density at radius 2 is 1.85 bits per heavy atom. The summed E-state index contributed by atoms with van der Waals surface area (Å²) < 4.78 is 4.88. The number of nitro groups is 1. The van der Waals surface area contributed by atoms with Crippen LogP contribution in [0.5, 0.6) is 5.75 Å². The van der Waals surface area contributed by atoms with Crippen LogP contribution in [0.2, 0.25) is 5.02 Å². The second-order valence-corrected chi connectivity index (χ2v) is 5.67. The minimum absolute atomic E-state index is 0.0484. The SMILES string of the molecule is COc1ccc(C(=O)NCC(=O)NCc2ccc(Cl)cc2)cc1[N+](=O)[O-]. The Kier molecular flexibility index (Phi) is 6.51. The van der Waals surface area contributed by atoms with Crippen LogP contribution < -0.4 is 15.4 Å². The zero-order valence-electron chi connectivity index (χ0n) is 13.8. The highest BCUT2D eigenvalue weighted by molar-refractivity contribution is 6.30. The van der Waals surface area contributed by atoms with Crippen molar-refractivity contribution in [1.29, 1.82) is 0 Å². The third-order valence-corrected chi connectivity index (χ3v) is 3.70. The van der Waals surface area contributed by atoms with Crippen molar-refractivity contribution >= 4 is 29.1 Å². The van der Waals surface area contributed by atoms with Gasteiger partial charge in [-0.05, 0) is 29.8 Å². The highest BCUT2D eigenvalue weighted by Crippen LogP contribution is 2.27. The summed E-state index contributed by atoms with van der Waals surface area (Å²) in [5, 5.41) is 16.6. The van der Waals surface area contributed by atoms with Crippen molar-refractivity contribution < 1.29 is 19.2 Å². The maximum Gasteiger partial charge on any atom is 0.311 e. The van der Waals surface area contributed by atoms with E-state index in [9.17, 15) is 19.7 Å². The minimum atomic E-state index is -0.644. The molecule has 2 N–H and O–H groups in total. The Balaban J connectivity index is 1.89. The van der Waals surface area contributed by atoms with E-state index < -0.39 is 16.7 Å². The summed E-state index contributed by atoms with van der Waals surface area (Å²) in [4.78, 5) is 34.2. The molecular weight excluding hydrogens is 362 g/mol. The molecule has 0 spiro atoms. The molecule has 2 aromatic rings. The number of rotatable bonds is 7. The van der Waals surface area contributed by atoms with E-state index in [1.807, 2.05) is 0 Å².